The Kier molecular flexibility index (Phi) is 3.05. The van der Waals surface area contributed by atoms with Gasteiger partial charge in [-0.15, -0.1) is 0 Å². The Bertz CT molecular complexity index is 932. The molecule has 0 aliphatic rings. The van der Waals surface area contributed by atoms with E-state index in [4.69, 9.17) is 11.6 Å². The van der Waals surface area contributed by atoms with Crippen molar-refractivity contribution in [3.63, 3.8) is 0 Å². The number of nitrogens with zero attached hydrogens (tertiary/aromatic N) is 5. The first-order chi connectivity index (χ1) is 10.8. The van der Waals surface area contributed by atoms with E-state index in [9.17, 15) is 0 Å². The second kappa shape index (κ2) is 5.20. The molecule has 0 atom stereocenters. The molecule has 0 aliphatic heterocycles. The second-order valence-corrected chi connectivity index (χ2v) is 5.13. The number of hydrogen-bond donors (Lipinski definition) is 0. The van der Waals surface area contributed by atoms with E-state index in [0.717, 1.165) is 22.3 Å². The van der Waals surface area contributed by atoms with Crippen molar-refractivity contribution >= 4 is 22.6 Å². The van der Waals surface area contributed by atoms with Crippen molar-refractivity contribution < 1.29 is 0 Å². The van der Waals surface area contributed by atoms with Crippen molar-refractivity contribution in [3.8, 4) is 17.2 Å². The van der Waals surface area contributed by atoms with E-state index in [2.05, 4.69) is 20.1 Å². The summed E-state index contributed by atoms with van der Waals surface area (Å²) in [6.45, 7) is 0. The van der Waals surface area contributed by atoms with Crippen molar-refractivity contribution in [2.75, 3.05) is 0 Å². The lowest BCUT2D eigenvalue weighted by Crippen LogP contribution is -2.02. The van der Waals surface area contributed by atoms with E-state index in [1.54, 1.807) is 29.3 Å². The van der Waals surface area contributed by atoms with Gasteiger partial charge < -0.3 is 0 Å². The lowest BCUT2D eigenvalue weighted by molar-refractivity contribution is 0.826. The maximum Gasteiger partial charge on any atom is 0.252 e. The molecule has 22 heavy (non-hydrogen) atoms. The van der Waals surface area contributed by atoms with Crippen molar-refractivity contribution in [2.45, 2.75) is 0 Å². The molecule has 0 aliphatic carbocycles. The fraction of sp³-hybridized carbons (Fsp3) is 0. The molecule has 1 aromatic carbocycles. The molecule has 3 aromatic heterocycles. The van der Waals surface area contributed by atoms with Crippen LogP contribution in [0.1, 0.15) is 0 Å². The van der Waals surface area contributed by atoms with Gasteiger partial charge in [-0.1, -0.05) is 23.7 Å². The highest BCUT2D eigenvalue weighted by Gasteiger charge is 2.15. The van der Waals surface area contributed by atoms with Crippen LogP contribution < -0.4 is 0 Å². The third-order valence-electron chi connectivity index (χ3n) is 3.30. The first kappa shape index (κ1) is 12.9. The minimum Gasteiger partial charge on any atom is -0.236 e. The number of rotatable bonds is 2. The summed E-state index contributed by atoms with van der Waals surface area (Å²) in [6, 6.07) is 13.2. The van der Waals surface area contributed by atoms with Gasteiger partial charge in [0.15, 0.2) is 5.65 Å². The first-order valence-electron chi connectivity index (χ1n) is 6.70. The summed E-state index contributed by atoms with van der Waals surface area (Å²) in [5.41, 5.74) is 2.52. The van der Waals surface area contributed by atoms with Crippen LogP contribution in [0.25, 0.3) is 28.2 Å². The van der Waals surface area contributed by atoms with Crippen LogP contribution in [-0.4, -0.2) is 24.7 Å². The van der Waals surface area contributed by atoms with Crippen LogP contribution in [-0.2, 0) is 0 Å². The van der Waals surface area contributed by atoms with Crippen LogP contribution in [0.2, 0.25) is 5.02 Å². The number of halogens is 1. The van der Waals surface area contributed by atoms with Gasteiger partial charge in [-0.2, -0.15) is 9.78 Å². The lowest BCUT2D eigenvalue weighted by atomic mass is 10.1. The summed E-state index contributed by atoms with van der Waals surface area (Å²) in [5.74, 6) is 0.492. The minimum atomic E-state index is 0.492. The summed E-state index contributed by atoms with van der Waals surface area (Å²) in [5, 5.41) is 6.28. The number of benzene rings is 1. The Morgan fingerprint density at radius 2 is 1.55 bits per heavy atom. The molecule has 4 rings (SSSR count). The number of fused-ring (bicyclic) bond motifs is 1. The van der Waals surface area contributed by atoms with Gasteiger partial charge in [0, 0.05) is 34.6 Å². The highest BCUT2D eigenvalue weighted by Crippen LogP contribution is 2.28. The summed E-state index contributed by atoms with van der Waals surface area (Å²) in [6.07, 6.45) is 5.09. The molecule has 0 fully saturated rings. The molecule has 106 valence electrons. The Morgan fingerprint density at radius 1 is 0.818 bits per heavy atom. The summed E-state index contributed by atoms with van der Waals surface area (Å²) in [4.78, 5) is 12.9. The van der Waals surface area contributed by atoms with Gasteiger partial charge >= 0.3 is 0 Å². The largest absolute Gasteiger partial charge is 0.252 e. The molecule has 0 radical (unpaired) electrons. The topological polar surface area (TPSA) is 56.5 Å². The molecule has 4 aromatic rings. The maximum atomic E-state index is 5.96. The Labute approximate surface area is 131 Å². The zero-order chi connectivity index (χ0) is 14.9. The number of pyridine rings is 1. The predicted molar refractivity (Wildman–Crippen MR) is 84.9 cm³/mol. The summed E-state index contributed by atoms with van der Waals surface area (Å²) >= 11 is 5.96. The zero-order valence-corrected chi connectivity index (χ0v) is 12.1. The highest BCUT2D eigenvalue weighted by molar-refractivity contribution is 6.30. The molecular weight excluding hydrogens is 298 g/mol. The second-order valence-electron chi connectivity index (χ2n) is 4.69. The average Bonchev–Trinajstić information content (AvgIpc) is 2.96. The lowest BCUT2D eigenvalue weighted by Gasteiger charge is -1.98. The van der Waals surface area contributed by atoms with Gasteiger partial charge in [0.1, 0.15) is 5.69 Å². The Hall–Kier alpha value is -2.79. The summed E-state index contributed by atoms with van der Waals surface area (Å²) in [7, 11) is 0. The van der Waals surface area contributed by atoms with Crippen LogP contribution >= 0.6 is 11.6 Å². The fourth-order valence-electron chi connectivity index (χ4n) is 2.31. The smallest absolute Gasteiger partial charge is 0.236 e. The summed E-state index contributed by atoms with van der Waals surface area (Å²) < 4.78 is 1.65. The van der Waals surface area contributed by atoms with Crippen molar-refractivity contribution in [3.05, 3.63) is 66.1 Å². The van der Waals surface area contributed by atoms with Gasteiger partial charge in [-0.3, -0.25) is 0 Å². The van der Waals surface area contributed by atoms with E-state index < -0.39 is 0 Å². The number of aromatic nitrogens is 5. The average molecular weight is 308 g/mol. The predicted octanol–water partition coefficient (Wildman–Crippen LogP) is 3.53. The van der Waals surface area contributed by atoms with Gasteiger partial charge in [-0.05, 0) is 30.3 Å². The maximum absolute atomic E-state index is 5.96. The Morgan fingerprint density at radius 3 is 2.32 bits per heavy atom. The SMILES string of the molecule is Clc1ccc(-c2nn(-c3ncccn3)c3ncccc23)cc1. The monoisotopic (exact) mass is 307 g/mol. The van der Waals surface area contributed by atoms with Crippen LogP contribution in [0.3, 0.4) is 0 Å². The van der Waals surface area contributed by atoms with Gasteiger partial charge in [0.25, 0.3) is 5.95 Å². The van der Waals surface area contributed by atoms with Crippen LogP contribution in [0.15, 0.2) is 61.1 Å². The van der Waals surface area contributed by atoms with Crippen LogP contribution in [0.5, 0.6) is 0 Å². The first-order valence-corrected chi connectivity index (χ1v) is 7.08. The van der Waals surface area contributed by atoms with Gasteiger partial charge in [-0.25, -0.2) is 15.0 Å². The Balaban J connectivity index is 1.99. The minimum absolute atomic E-state index is 0.492. The van der Waals surface area contributed by atoms with E-state index in [-0.39, 0.29) is 0 Å². The van der Waals surface area contributed by atoms with E-state index >= 15 is 0 Å². The molecule has 5 nitrogen and oxygen atoms in total. The van der Waals surface area contributed by atoms with Crippen LogP contribution in [0.4, 0.5) is 0 Å². The van der Waals surface area contributed by atoms with Crippen molar-refractivity contribution in [1.82, 2.24) is 24.7 Å². The van der Waals surface area contributed by atoms with Gasteiger partial charge in [0.05, 0.1) is 0 Å². The van der Waals surface area contributed by atoms with Crippen LogP contribution in [0, 0.1) is 0 Å². The van der Waals surface area contributed by atoms with E-state index in [0.29, 0.717) is 11.0 Å². The standard InChI is InChI=1S/C16H10ClN5/c17-12-6-4-11(5-7-12)14-13-3-1-8-18-15(13)22(21-14)16-19-9-2-10-20-16/h1-10H. The molecule has 0 N–H and O–H groups in total. The third kappa shape index (κ3) is 2.12. The van der Waals surface area contributed by atoms with Crippen molar-refractivity contribution in [1.29, 1.82) is 0 Å². The normalized spacial score (nSPS) is 11.0. The van der Waals surface area contributed by atoms with Gasteiger partial charge in [0.2, 0.25) is 0 Å². The zero-order valence-electron chi connectivity index (χ0n) is 11.4. The molecule has 3 heterocycles. The molecule has 0 bridgehead atoms. The molecule has 0 saturated heterocycles. The van der Waals surface area contributed by atoms with E-state index in [1.807, 2.05) is 36.4 Å². The van der Waals surface area contributed by atoms with E-state index in [1.165, 1.54) is 0 Å². The molecular formula is C16H10ClN5. The molecule has 6 heteroatoms. The third-order valence-corrected chi connectivity index (χ3v) is 3.55. The fourth-order valence-corrected chi connectivity index (χ4v) is 2.44. The molecule has 0 saturated carbocycles. The quantitative estimate of drug-likeness (QED) is 0.568. The molecule has 0 unspecified atom stereocenters. The molecule has 0 spiro atoms. The van der Waals surface area contributed by atoms with Crippen molar-refractivity contribution in [2.24, 2.45) is 0 Å². The number of hydrogen-bond acceptors (Lipinski definition) is 4. The highest BCUT2D eigenvalue weighted by atomic mass is 35.5. The molecule has 0 amide bonds.